The van der Waals surface area contributed by atoms with Crippen molar-refractivity contribution in [1.82, 2.24) is 35.9 Å². The van der Waals surface area contributed by atoms with Gasteiger partial charge in [-0.2, -0.15) is 5.21 Å². The number of nitrogens with one attached hydrogen (secondary N) is 4. The van der Waals surface area contributed by atoms with Crippen LogP contribution >= 0.6 is 0 Å². The lowest BCUT2D eigenvalue weighted by atomic mass is 9.81. The first-order valence-corrected chi connectivity index (χ1v) is 13.3. The molecule has 1 unspecified atom stereocenters. The van der Waals surface area contributed by atoms with E-state index in [1.807, 2.05) is 24.3 Å². The predicted molar refractivity (Wildman–Crippen MR) is 149 cm³/mol. The number of nitrogens with zero attached hydrogens (tertiary/aromatic N) is 4. The molecule has 6 N–H and O–H groups in total. The van der Waals surface area contributed by atoms with Crippen LogP contribution in [0.3, 0.4) is 0 Å². The van der Waals surface area contributed by atoms with Crippen LogP contribution in [-0.2, 0) is 16.0 Å². The van der Waals surface area contributed by atoms with Crippen LogP contribution in [0.4, 0.5) is 5.69 Å². The van der Waals surface area contributed by atoms with Gasteiger partial charge in [0.1, 0.15) is 6.04 Å². The van der Waals surface area contributed by atoms with Crippen molar-refractivity contribution in [3.05, 3.63) is 77.0 Å². The number of rotatable bonds is 9. The third-order valence-electron chi connectivity index (χ3n) is 7.31. The summed E-state index contributed by atoms with van der Waals surface area (Å²) in [7, 11) is 0. The van der Waals surface area contributed by atoms with Crippen molar-refractivity contribution in [2.45, 2.75) is 38.1 Å². The molecule has 2 aromatic carbocycles. The van der Waals surface area contributed by atoms with Crippen LogP contribution in [-0.4, -0.2) is 55.0 Å². The van der Waals surface area contributed by atoms with E-state index < -0.39 is 11.7 Å². The van der Waals surface area contributed by atoms with Gasteiger partial charge in [0, 0.05) is 41.5 Å². The van der Waals surface area contributed by atoms with Gasteiger partial charge in [-0.15, -0.1) is 10.2 Å². The average molecular weight is 542 g/mol. The number of anilines is 1. The summed E-state index contributed by atoms with van der Waals surface area (Å²) < 4.78 is 0. The fourth-order valence-electron chi connectivity index (χ4n) is 4.99. The summed E-state index contributed by atoms with van der Waals surface area (Å²) in [6.45, 7) is 0.631. The molecule has 1 saturated carbocycles. The first-order chi connectivity index (χ1) is 19.5. The van der Waals surface area contributed by atoms with Gasteiger partial charge in [0.25, 0.3) is 0 Å². The maximum absolute atomic E-state index is 13.5. The summed E-state index contributed by atoms with van der Waals surface area (Å²) in [6, 6.07) is 13.9. The number of amides is 2. The van der Waals surface area contributed by atoms with Crippen molar-refractivity contribution in [2.24, 2.45) is 17.6 Å². The molecule has 2 aromatic heterocycles. The lowest BCUT2D eigenvalue weighted by Crippen LogP contribution is -2.48. The Morgan fingerprint density at radius 1 is 1.02 bits per heavy atom. The Balaban J connectivity index is 1.33. The molecule has 1 aliphatic rings. The highest BCUT2D eigenvalue weighted by molar-refractivity contribution is 5.97. The second kappa shape index (κ2) is 12.4. The normalized spacial score (nSPS) is 17.6. The van der Waals surface area contributed by atoms with Crippen molar-refractivity contribution >= 4 is 17.5 Å². The second-order valence-corrected chi connectivity index (χ2v) is 10.0. The van der Waals surface area contributed by atoms with Crippen LogP contribution in [0.2, 0.25) is 0 Å². The van der Waals surface area contributed by atoms with Gasteiger partial charge in [0.2, 0.25) is 17.6 Å². The standard InChI is InChI=1S/C28H31N9O3/c29-14-17-4-6-20(7-5-17)26(38)33-24(13-18-2-1-3-21(12-18)22-15-30-28(40)31-16-22)27(39)32-23-10-8-19(9-11-23)25-34-36-37-35-25/h1-3,8-12,15-17,20,24H,4-7,13-14,29H2,(H,32,39)(H,33,38)(H,30,31,40)(H,34,35,36,37). The summed E-state index contributed by atoms with van der Waals surface area (Å²) >= 11 is 0. The minimum Gasteiger partial charge on any atom is -0.344 e. The quantitative estimate of drug-likeness (QED) is 0.213. The molecule has 0 spiro atoms. The molecule has 5 rings (SSSR count). The number of aromatic amines is 2. The molecule has 206 valence electrons. The van der Waals surface area contributed by atoms with E-state index in [2.05, 4.69) is 41.2 Å². The zero-order valence-electron chi connectivity index (χ0n) is 21.8. The zero-order valence-corrected chi connectivity index (χ0v) is 21.8. The maximum Gasteiger partial charge on any atom is 0.344 e. The number of carbonyl (C=O) groups excluding carboxylic acids is 2. The van der Waals surface area contributed by atoms with E-state index in [1.165, 1.54) is 6.20 Å². The number of aromatic nitrogens is 6. The first kappa shape index (κ1) is 26.9. The van der Waals surface area contributed by atoms with Gasteiger partial charge in [0.15, 0.2) is 0 Å². The average Bonchev–Trinajstić information content (AvgIpc) is 3.53. The molecule has 2 amide bonds. The summed E-state index contributed by atoms with van der Waals surface area (Å²) in [5.41, 5.74) is 9.14. The highest BCUT2D eigenvalue weighted by Crippen LogP contribution is 2.28. The smallest absolute Gasteiger partial charge is 0.344 e. The SMILES string of the molecule is NCC1CCC(C(=O)NC(Cc2cccc(-c3cnc(=O)[nH]c3)c2)C(=O)Nc2ccc(-c3nn[nH]n3)cc2)CC1. The third-order valence-corrected chi connectivity index (χ3v) is 7.31. The van der Waals surface area contributed by atoms with E-state index in [0.29, 0.717) is 24.0 Å². The zero-order chi connectivity index (χ0) is 27.9. The molecule has 0 radical (unpaired) electrons. The van der Waals surface area contributed by atoms with Crippen molar-refractivity contribution in [1.29, 1.82) is 0 Å². The Morgan fingerprint density at radius 2 is 1.82 bits per heavy atom. The number of benzene rings is 2. The molecule has 1 aliphatic carbocycles. The van der Waals surface area contributed by atoms with Crippen LogP contribution in [0.1, 0.15) is 31.2 Å². The number of nitrogens with two attached hydrogens (primary N) is 1. The van der Waals surface area contributed by atoms with E-state index in [0.717, 1.165) is 47.9 Å². The van der Waals surface area contributed by atoms with Crippen LogP contribution in [0.15, 0.2) is 65.7 Å². The molecular weight excluding hydrogens is 510 g/mol. The van der Waals surface area contributed by atoms with Gasteiger partial charge in [-0.3, -0.25) is 9.59 Å². The van der Waals surface area contributed by atoms with Gasteiger partial charge in [-0.05, 0) is 78.8 Å². The van der Waals surface area contributed by atoms with Crippen LogP contribution in [0.25, 0.3) is 22.5 Å². The molecule has 0 aliphatic heterocycles. The van der Waals surface area contributed by atoms with E-state index >= 15 is 0 Å². The highest BCUT2D eigenvalue weighted by Gasteiger charge is 2.29. The topological polar surface area (TPSA) is 184 Å². The van der Waals surface area contributed by atoms with Crippen molar-refractivity contribution in [3.63, 3.8) is 0 Å². The predicted octanol–water partition coefficient (Wildman–Crippen LogP) is 2.05. The Kier molecular flexibility index (Phi) is 8.35. The van der Waals surface area contributed by atoms with Crippen LogP contribution < -0.4 is 22.1 Å². The van der Waals surface area contributed by atoms with Gasteiger partial charge in [0.05, 0.1) is 0 Å². The molecule has 12 heteroatoms. The fraction of sp³-hybridized carbons (Fsp3) is 0.321. The Hall–Kier alpha value is -4.71. The molecule has 0 saturated heterocycles. The number of carbonyl (C=O) groups is 2. The number of hydrogen-bond acceptors (Lipinski definition) is 8. The van der Waals surface area contributed by atoms with Crippen molar-refractivity contribution in [2.75, 3.05) is 11.9 Å². The maximum atomic E-state index is 13.5. The van der Waals surface area contributed by atoms with Crippen LogP contribution in [0, 0.1) is 11.8 Å². The molecule has 2 heterocycles. The molecule has 1 fully saturated rings. The third kappa shape index (κ3) is 6.64. The highest BCUT2D eigenvalue weighted by atomic mass is 16.2. The number of H-pyrrole nitrogens is 2. The summed E-state index contributed by atoms with van der Waals surface area (Å²) in [6.07, 6.45) is 6.71. The molecule has 4 aromatic rings. The van der Waals surface area contributed by atoms with Crippen molar-refractivity contribution in [3.8, 4) is 22.5 Å². The summed E-state index contributed by atoms with van der Waals surface area (Å²) in [5.74, 6) is 0.302. The van der Waals surface area contributed by atoms with Gasteiger partial charge in [-0.25, -0.2) is 9.78 Å². The molecule has 0 bridgehead atoms. The van der Waals surface area contributed by atoms with E-state index in [9.17, 15) is 14.4 Å². The monoisotopic (exact) mass is 541 g/mol. The largest absolute Gasteiger partial charge is 0.344 e. The van der Waals surface area contributed by atoms with Gasteiger partial charge < -0.3 is 21.4 Å². The molecule has 40 heavy (non-hydrogen) atoms. The Morgan fingerprint density at radius 3 is 2.50 bits per heavy atom. The van der Waals surface area contributed by atoms with E-state index in [-0.39, 0.29) is 24.2 Å². The second-order valence-electron chi connectivity index (χ2n) is 10.0. The van der Waals surface area contributed by atoms with Gasteiger partial charge in [-0.1, -0.05) is 24.3 Å². The molecular formula is C28H31N9O3. The van der Waals surface area contributed by atoms with E-state index in [1.54, 1.807) is 30.5 Å². The Bertz CT molecular complexity index is 1470. The number of tetrazole rings is 1. The van der Waals surface area contributed by atoms with Gasteiger partial charge >= 0.3 is 5.69 Å². The molecule has 1 atom stereocenters. The van der Waals surface area contributed by atoms with Crippen molar-refractivity contribution < 1.29 is 9.59 Å². The van der Waals surface area contributed by atoms with Crippen LogP contribution in [0.5, 0.6) is 0 Å². The molecule has 12 nitrogen and oxygen atoms in total. The lowest BCUT2D eigenvalue weighted by molar-refractivity contribution is -0.130. The number of hydrogen-bond donors (Lipinski definition) is 5. The minimum absolute atomic E-state index is 0.121. The summed E-state index contributed by atoms with van der Waals surface area (Å²) in [5, 5.41) is 19.8. The first-order valence-electron chi connectivity index (χ1n) is 13.3. The fourth-order valence-corrected chi connectivity index (χ4v) is 4.99. The van der Waals surface area contributed by atoms with E-state index in [4.69, 9.17) is 5.73 Å². The lowest BCUT2D eigenvalue weighted by Gasteiger charge is -2.28. The minimum atomic E-state index is -0.805. The Labute approximate surface area is 230 Å². The summed E-state index contributed by atoms with van der Waals surface area (Å²) in [4.78, 5) is 44.5.